The third kappa shape index (κ3) is 6.04. The van der Waals surface area contributed by atoms with E-state index in [9.17, 15) is 14.0 Å². The molecule has 9 heteroatoms. The molecule has 0 fully saturated rings. The quantitative estimate of drug-likeness (QED) is 0.248. The highest BCUT2D eigenvalue weighted by Crippen LogP contribution is 2.24. The smallest absolute Gasteiger partial charge is 0.259 e. The van der Waals surface area contributed by atoms with Crippen LogP contribution in [0, 0.1) is 23.6 Å². The van der Waals surface area contributed by atoms with Crippen molar-refractivity contribution >= 4 is 29.2 Å². The first-order valence-electron chi connectivity index (χ1n) is 11.1. The number of carbonyl (C=O) groups excluding carboxylic acids is 2. The predicted molar refractivity (Wildman–Crippen MR) is 137 cm³/mol. The van der Waals surface area contributed by atoms with Gasteiger partial charge in [-0.1, -0.05) is 18.9 Å². The number of ether oxygens (including phenoxy) is 1. The minimum Gasteiger partial charge on any atom is -0.497 e. The van der Waals surface area contributed by atoms with Crippen LogP contribution in [0.4, 0.5) is 15.9 Å². The normalized spacial score (nSPS) is 10.2. The maximum absolute atomic E-state index is 14.8. The molecule has 2 aromatic carbocycles. The van der Waals surface area contributed by atoms with Crippen molar-refractivity contribution in [3.8, 4) is 18.1 Å². The molecule has 1 heterocycles. The second-order valence-corrected chi connectivity index (χ2v) is 7.86. The molecule has 0 aliphatic carbocycles. The molecule has 36 heavy (non-hydrogen) atoms. The Kier molecular flexibility index (Phi) is 8.36. The van der Waals surface area contributed by atoms with Crippen LogP contribution in [-0.2, 0) is 0 Å². The molecule has 184 valence electrons. The van der Waals surface area contributed by atoms with Gasteiger partial charge in [0, 0.05) is 30.9 Å². The summed E-state index contributed by atoms with van der Waals surface area (Å²) in [5.41, 5.74) is 0.928. The first-order valence-corrected chi connectivity index (χ1v) is 11.1. The van der Waals surface area contributed by atoms with Crippen molar-refractivity contribution in [2.45, 2.75) is 13.3 Å². The Morgan fingerprint density at radius 1 is 1.11 bits per heavy atom. The van der Waals surface area contributed by atoms with E-state index in [0.717, 1.165) is 12.5 Å². The summed E-state index contributed by atoms with van der Waals surface area (Å²) in [6.45, 7) is 2.63. The molecule has 3 N–H and O–H groups in total. The number of rotatable bonds is 8. The number of anilines is 2. The number of carbonyl (C=O) groups is 2. The molecule has 0 unspecified atom stereocenters. The Balaban J connectivity index is 1.84. The maximum atomic E-state index is 14.8. The summed E-state index contributed by atoms with van der Waals surface area (Å²) >= 11 is 0. The van der Waals surface area contributed by atoms with Gasteiger partial charge in [-0.2, -0.15) is 0 Å². The zero-order chi connectivity index (χ0) is 26.2. The van der Waals surface area contributed by atoms with Gasteiger partial charge in [0.25, 0.3) is 11.8 Å². The number of hydrogen-bond acceptors (Lipinski definition) is 5. The number of methoxy groups -OCH3 is 1. The largest absolute Gasteiger partial charge is 0.497 e. The minimum absolute atomic E-state index is 0.0884. The van der Waals surface area contributed by atoms with Crippen LogP contribution in [0.1, 0.15) is 45.2 Å². The molecule has 0 aliphatic rings. The number of terminal acetylenes is 1. The van der Waals surface area contributed by atoms with E-state index in [1.54, 1.807) is 30.1 Å². The summed E-state index contributed by atoms with van der Waals surface area (Å²) in [4.78, 5) is 31.7. The van der Waals surface area contributed by atoms with Crippen molar-refractivity contribution in [1.82, 2.24) is 9.88 Å². The standard InChI is InChI=1S/C27H26FN5O3/c1-5-13-33(3)25(29)18-8-10-20(22(28)14-18)26(34)31-23-11-9-19(36-4)15-21(23)27(35)32-24-12-7-17(6-2)16-30-24/h2,7-12,14-16,29H,5,13H2,1,3-4H3,(H,31,34)(H,30,32,35). The number of benzene rings is 2. The third-order valence-electron chi connectivity index (χ3n) is 5.32. The summed E-state index contributed by atoms with van der Waals surface area (Å²) in [6.07, 6.45) is 7.61. The van der Waals surface area contributed by atoms with E-state index < -0.39 is 17.6 Å². The number of pyridine rings is 1. The van der Waals surface area contributed by atoms with Gasteiger partial charge in [0.1, 0.15) is 23.2 Å². The zero-order valence-electron chi connectivity index (χ0n) is 20.2. The van der Waals surface area contributed by atoms with Crippen LogP contribution in [0.3, 0.4) is 0 Å². The van der Waals surface area contributed by atoms with E-state index in [2.05, 4.69) is 21.5 Å². The Bertz CT molecular complexity index is 1330. The van der Waals surface area contributed by atoms with Crippen molar-refractivity contribution in [1.29, 1.82) is 5.41 Å². The molecule has 0 atom stereocenters. The van der Waals surface area contributed by atoms with E-state index in [1.807, 2.05) is 6.92 Å². The second kappa shape index (κ2) is 11.6. The molecule has 2 amide bonds. The highest BCUT2D eigenvalue weighted by atomic mass is 19.1. The average Bonchev–Trinajstić information content (AvgIpc) is 2.88. The number of nitrogens with one attached hydrogen (secondary N) is 3. The van der Waals surface area contributed by atoms with Gasteiger partial charge in [0.2, 0.25) is 0 Å². The Hall–Kier alpha value is -4.71. The summed E-state index contributed by atoms with van der Waals surface area (Å²) in [7, 11) is 3.20. The van der Waals surface area contributed by atoms with E-state index in [0.29, 0.717) is 23.4 Å². The first-order chi connectivity index (χ1) is 17.3. The van der Waals surface area contributed by atoms with E-state index in [-0.39, 0.29) is 28.5 Å². The molecule has 1 aromatic heterocycles. The highest BCUT2D eigenvalue weighted by Gasteiger charge is 2.19. The maximum Gasteiger partial charge on any atom is 0.259 e. The lowest BCUT2D eigenvalue weighted by Gasteiger charge is -2.19. The number of amides is 2. The first kappa shape index (κ1) is 25.9. The van der Waals surface area contributed by atoms with Crippen LogP contribution in [0.25, 0.3) is 0 Å². The molecule has 0 spiro atoms. The number of nitrogens with zero attached hydrogens (tertiary/aromatic N) is 2. The fraction of sp³-hybridized carbons (Fsp3) is 0.185. The number of halogens is 1. The summed E-state index contributed by atoms with van der Waals surface area (Å²) in [5, 5.41) is 13.4. The summed E-state index contributed by atoms with van der Waals surface area (Å²) in [6, 6.07) is 11.7. The minimum atomic E-state index is -0.781. The lowest BCUT2D eigenvalue weighted by Crippen LogP contribution is -2.27. The number of amidine groups is 1. The zero-order valence-corrected chi connectivity index (χ0v) is 20.2. The van der Waals surface area contributed by atoms with E-state index in [4.69, 9.17) is 16.6 Å². The van der Waals surface area contributed by atoms with Crippen LogP contribution >= 0.6 is 0 Å². The predicted octanol–water partition coefficient (Wildman–Crippen LogP) is 4.38. The van der Waals surface area contributed by atoms with Gasteiger partial charge in [0.15, 0.2) is 0 Å². The molecular weight excluding hydrogens is 461 g/mol. The van der Waals surface area contributed by atoms with Gasteiger partial charge in [0.05, 0.1) is 23.9 Å². The van der Waals surface area contributed by atoms with Gasteiger partial charge < -0.3 is 20.3 Å². The fourth-order valence-electron chi connectivity index (χ4n) is 3.39. The number of aromatic nitrogens is 1. The van der Waals surface area contributed by atoms with Crippen LogP contribution in [0.5, 0.6) is 5.75 Å². The van der Waals surface area contributed by atoms with Crippen molar-refractivity contribution in [2.75, 3.05) is 31.3 Å². The Morgan fingerprint density at radius 3 is 2.47 bits per heavy atom. The monoisotopic (exact) mass is 487 g/mol. The van der Waals surface area contributed by atoms with E-state index in [1.165, 1.54) is 37.6 Å². The molecule has 0 bridgehead atoms. The molecular formula is C27H26FN5O3. The molecule has 0 saturated carbocycles. The van der Waals surface area contributed by atoms with Crippen molar-refractivity contribution < 1.29 is 18.7 Å². The van der Waals surface area contributed by atoms with Crippen molar-refractivity contribution in [3.05, 3.63) is 82.8 Å². The second-order valence-electron chi connectivity index (χ2n) is 7.86. The average molecular weight is 488 g/mol. The van der Waals surface area contributed by atoms with Gasteiger partial charge in [-0.3, -0.25) is 15.0 Å². The molecule has 3 rings (SSSR count). The molecule has 3 aromatic rings. The topological polar surface area (TPSA) is 107 Å². The highest BCUT2D eigenvalue weighted by molar-refractivity contribution is 6.12. The molecule has 0 saturated heterocycles. The van der Waals surface area contributed by atoms with E-state index >= 15 is 0 Å². The van der Waals surface area contributed by atoms with Crippen molar-refractivity contribution in [2.24, 2.45) is 0 Å². The van der Waals surface area contributed by atoms with Gasteiger partial charge in [-0.25, -0.2) is 9.37 Å². The van der Waals surface area contributed by atoms with Crippen LogP contribution < -0.4 is 15.4 Å². The Morgan fingerprint density at radius 2 is 1.86 bits per heavy atom. The lowest BCUT2D eigenvalue weighted by molar-refractivity contribution is 0.102. The van der Waals surface area contributed by atoms with Gasteiger partial charge in [-0.05, 0) is 48.9 Å². The molecule has 8 nitrogen and oxygen atoms in total. The van der Waals surface area contributed by atoms with Gasteiger partial charge >= 0.3 is 0 Å². The number of hydrogen-bond donors (Lipinski definition) is 3. The molecule has 0 radical (unpaired) electrons. The fourth-order valence-corrected chi connectivity index (χ4v) is 3.39. The van der Waals surface area contributed by atoms with Crippen LogP contribution in [0.2, 0.25) is 0 Å². The third-order valence-corrected chi connectivity index (χ3v) is 5.32. The Labute approximate surface area is 209 Å². The molecule has 0 aliphatic heterocycles. The summed E-state index contributed by atoms with van der Waals surface area (Å²) < 4.78 is 20.0. The van der Waals surface area contributed by atoms with Crippen LogP contribution in [0.15, 0.2) is 54.7 Å². The van der Waals surface area contributed by atoms with Crippen molar-refractivity contribution in [3.63, 3.8) is 0 Å². The van der Waals surface area contributed by atoms with Gasteiger partial charge in [-0.15, -0.1) is 6.42 Å². The lowest BCUT2D eigenvalue weighted by atomic mass is 10.1. The summed E-state index contributed by atoms with van der Waals surface area (Å²) in [5.74, 6) is 1.15. The SMILES string of the molecule is C#Cc1ccc(NC(=O)c2cc(OC)ccc2NC(=O)c2ccc(C(=N)N(C)CCC)cc2F)nc1. The van der Waals surface area contributed by atoms with Crippen LogP contribution in [-0.4, -0.2) is 48.2 Å².